The number of amides is 2. The number of rotatable bonds is 12. The molecule has 0 radical (unpaired) electrons. The summed E-state index contributed by atoms with van der Waals surface area (Å²) in [6.07, 6.45) is 1.77. The Kier molecular flexibility index (Phi) is 10.6. The van der Waals surface area contributed by atoms with E-state index in [0.29, 0.717) is 34.7 Å². The van der Waals surface area contributed by atoms with Gasteiger partial charge in [-0.15, -0.1) is 0 Å². The van der Waals surface area contributed by atoms with E-state index in [1.165, 1.54) is 4.90 Å². The first-order chi connectivity index (χ1) is 18.9. The molecule has 0 aliphatic carbocycles. The van der Waals surface area contributed by atoms with E-state index >= 15 is 0 Å². The molecule has 2 fully saturated rings. The third-order valence-corrected chi connectivity index (χ3v) is 7.81. The van der Waals surface area contributed by atoms with Gasteiger partial charge in [-0.25, -0.2) is 0 Å². The molecular formula is C29H38ClN5O3S. The molecule has 2 amide bonds. The van der Waals surface area contributed by atoms with Gasteiger partial charge in [0.05, 0.1) is 18.7 Å². The molecule has 2 saturated heterocycles. The zero-order valence-corrected chi connectivity index (χ0v) is 24.3. The zero-order chi connectivity index (χ0) is 27.8. The molecule has 0 bridgehead atoms. The zero-order valence-electron chi connectivity index (χ0n) is 22.8. The molecule has 4 rings (SSSR count). The van der Waals surface area contributed by atoms with Gasteiger partial charge in [-0.3, -0.25) is 14.5 Å². The Hall–Kier alpha value is -2.72. The average Bonchev–Trinajstić information content (AvgIpc) is 3.16. The number of likely N-dealkylation sites (N-methyl/N-ethyl adjacent to an activating group) is 1. The number of carbonyl (C=O) groups is 2. The minimum Gasteiger partial charge on any atom is -0.494 e. The van der Waals surface area contributed by atoms with Crippen LogP contribution in [0.15, 0.2) is 48.5 Å². The first-order valence-electron chi connectivity index (χ1n) is 13.8. The van der Waals surface area contributed by atoms with Crippen LogP contribution in [0.3, 0.4) is 0 Å². The number of ether oxygens (including phenoxy) is 1. The van der Waals surface area contributed by atoms with Gasteiger partial charge in [0.1, 0.15) is 11.8 Å². The smallest absolute Gasteiger partial charge is 0.256 e. The Morgan fingerprint density at radius 3 is 2.44 bits per heavy atom. The van der Waals surface area contributed by atoms with Crippen molar-refractivity contribution in [2.75, 3.05) is 62.6 Å². The molecule has 2 heterocycles. The van der Waals surface area contributed by atoms with E-state index in [4.69, 9.17) is 28.6 Å². The molecule has 2 aliphatic rings. The number of benzene rings is 2. The van der Waals surface area contributed by atoms with Gasteiger partial charge in [-0.2, -0.15) is 0 Å². The van der Waals surface area contributed by atoms with Gasteiger partial charge >= 0.3 is 0 Å². The number of hydrogen-bond acceptors (Lipinski definition) is 6. The van der Waals surface area contributed by atoms with Crippen LogP contribution in [0.1, 0.15) is 33.1 Å². The summed E-state index contributed by atoms with van der Waals surface area (Å²) in [5.74, 6) is 0.301. The normalized spacial score (nSPS) is 18.6. The van der Waals surface area contributed by atoms with Crippen LogP contribution in [-0.2, 0) is 9.59 Å². The standard InChI is InChI=1S/C29H38ClN5O3S/c1-3-19-38-25-11-9-23(10-12-25)31-27(36)21-26-28(37)35(24-8-5-7-22(30)20-24)29(39)34(26)14-6-13-33-17-15-32(4-2)16-18-33/h5,7-12,20,26H,3-4,6,13-19,21H2,1-2H3,(H,31,36). The molecule has 8 nitrogen and oxygen atoms in total. The van der Waals surface area contributed by atoms with Crippen LogP contribution in [0.2, 0.25) is 5.02 Å². The Bertz CT molecular complexity index is 1140. The number of nitrogens with zero attached hydrogens (tertiary/aromatic N) is 4. The Morgan fingerprint density at radius 1 is 1.05 bits per heavy atom. The van der Waals surface area contributed by atoms with E-state index in [-0.39, 0.29) is 18.2 Å². The number of anilines is 2. The maximum atomic E-state index is 13.6. The molecule has 1 atom stereocenters. The van der Waals surface area contributed by atoms with Gasteiger partial charge in [0.15, 0.2) is 5.11 Å². The fourth-order valence-corrected chi connectivity index (χ4v) is 5.57. The Balaban J connectivity index is 1.42. The fourth-order valence-electron chi connectivity index (χ4n) is 4.98. The number of thiocarbonyl (C=S) groups is 1. The van der Waals surface area contributed by atoms with Crippen LogP contribution >= 0.6 is 23.8 Å². The first-order valence-corrected chi connectivity index (χ1v) is 14.6. The SMILES string of the molecule is CCCOc1ccc(NC(=O)CC2C(=O)N(c3cccc(Cl)c3)C(=S)N2CCCN2CCN(CC)CC2)cc1. The molecule has 1 unspecified atom stereocenters. The molecule has 2 aromatic carbocycles. The lowest BCUT2D eigenvalue weighted by molar-refractivity contribution is -0.124. The lowest BCUT2D eigenvalue weighted by Crippen LogP contribution is -2.47. The predicted octanol–water partition coefficient (Wildman–Crippen LogP) is 4.49. The second-order valence-electron chi connectivity index (χ2n) is 9.90. The Labute approximate surface area is 241 Å². The van der Waals surface area contributed by atoms with Crippen molar-refractivity contribution >= 4 is 52.1 Å². The van der Waals surface area contributed by atoms with Crippen LogP contribution in [0.4, 0.5) is 11.4 Å². The third kappa shape index (κ3) is 7.69. The third-order valence-electron chi connectivity index (χ3n) is 7.16. The van der Waals surface area contributed by atoms with Crippen molar-refractivity contribution in [2.24, 2.45) is 0 Å². The summed E-state index contributed by atoms with van der Waals surface area (Å²) in [7, 11) is 0. The topological polar surface area (TPSA) is 68.4 Å². The monoisotopic (exact) mass is 571 g/mol. The highest BCUT2D eigenvalue weighted by Crippen LogP contribution is 2.29. The molecule has 0 saturated carbocycles. The van der Waals surface area contributed by atoms with E-state index in [0.717, 1.165) is 57.9 Å². The summed E-state index contributed by atoms with van der Waals surface area (Å²) < 4.78 is 5.62. The minimum atomic E-state index is -0.680. The molecule has 210 valence electrons. The number of carbonyl (C=O) groups excluding carboxylic acids is 2. The summed E-state index contributed by atoms with van der Waals surface area (Å²) in [5, 5.41) is 3.85. The maximum Gasteiger partial charge on any atom is 0.256 e. The molecule has 0 spiro atoms. The minimum absolute atomic E-state index is 0.000695. The Morgan fingerprint density at radius 2 is 1.77 bits per heavy atom. The average molecular weight is 572 g/mol. The van der Waals surface area contributed by atoms with Gasteiger partial charge in [0, 0.05) is 43.4 Å². The van der Waals surface area contributed by atoms with Gasteiger partial charge in [0.2, 0.25) is 5.91 Å². The predicted molar refractivity (Wildman–Crippen MR) is 161 cm³/mol. The molecule has 1 N–H and O–H groups in total. The second-order valence-corrected chi connectivity index (χ2v) is 10.7. The fraction of sp³-hybridized carbons (Fsp3) is 0.483. The van der Waals surface area contributed by atoms with Crippen LogP contribution in [0.5, 0.6) is 5.75 Å². The lowest BCUT2D eigenvalue weighted by Gasteiger charge is -2.34. The molecule has 2 aromatic rings. The van der Waals surface area contributed by atoms with Crippen LogP contribution < -0.4 is 15.0 Å². The molecular weight excluding hydrogens is 534 g/mol. The lowest BCUT2D eigenvalue weighted by atomic mass is 10.1. The van der Waals surface area contributed by atoms with E-state index in [9.17, 15) is 9.59 Å². The number of piperazine rings is 1. The maximum absolute atomic E-state index is 13.6. The number of halogens is 1. The van der Waals surface area contributed by atoms with E-state index in [1.807, 2.05) is 23.1 Å². The molecule has 39 heavy (non-hydrogen) atoms. The van der Waals surface area contributed by atoms with Gasteiger partial charge in [0.25, 0.3) is 5.91 Å². The van der Waals surface area contributed by atoms with Crippen molar-refractivity contribution in [3.05, 3.63) is 53.6 Å². The first kappa shape index (κ1) is 29.3. The highest BCUT2D eigenvalue weighted by atomic mass is 35.5. The molecule has 0 aromatic heterocycles. The summed E-state index contributed by atoms with van der Waals surface area (Å²) >= 11 is 12.0. The van der Waals surface area contributed by atoms with E-state index in [1.54, 1.807) is 30.3 Å². The molecule has 10 heteroatoms. The summed E-state index contributed by atoms with van der Waals surface area (Å²) in [5.41, 5.74) is 1.27. The highest BCUT2D eigenvalue weighted by Gasteiger charge is 2.44. The van der Waals surface area contributed by atoms with Crippen LogP contribution in [0, 0.1) is 0 Å². The van der Waals surface area contributed by atoms with Crippen LogP contribution in [-0.4, -0.2) is 90.1 Å². The number of nitrogens with one attached hydrogen (secondary N) is 1. The van der Waals surface area contributed by atoms with E-state index < -0.39 is 6.04 Å². The summed E-state index contributed by atoms with van der Waals surface area (Å²) in [6, 6.07) is 13.7. The van der Waals surface area contributed by atoms with Crippen molar-refractivity contribution in [1.29, 1.82) is 0 Å². The van der Waals surface area contributed by atoms with Gasteiger partial charge in [-0.05, 0) is 80.6 Å². The highest BCUT2D eigenvalue weighted by molar-refractivity contribution is 7.80. The quantitative estimate of drug-likeness (QED) is 0.377. The van der Waals surface area contributed by atoms with Crippen LogP contribution in [0.25, 0.3) is 0 Å². The second kappa shape index (κ2) is 14.1. The van der Waals surface area contributed by atoms with Gasteiger partial charge in [-0.1, -0.05) is 31.5 Å². The van der Waals surface area contributed by atoms with Crippen molar-refractivity contribution in [1.82, 2.24) is 14.7 Å². The molecule has 2 aliphatic heterocycles. The summed E-state index contributed by atoms with van der Waals surface area (Å²) in [6.45, 7) is 11.7. The van der Waals surface area contributed by atoms with E-state index in [2.05, 4.69) is 29.0 Å². The van der Waals surface area contributed by atoms with Gasteiger partial charge < -0.3 is 24.8 Å². The van der Waals surface area contributed by atoms with Crippen molar-refractivity contribution < 1.29 is 14.3 Å². The largest absolute Gasteiger partial charge is 0.494 e. The van der Waals surface area contributed by atoms with Crippen molar-refractivity contribution in [3.63, 3.8) is 0 Å². The van der Waals surface area contributed by atoms with Crippen molar-refractivity contribution in [2.45, 2.75) is 39.2 Å². The summed E-state index contributed by atoms with van der Waals surface area (Å²) in [4.78, 5) is 35.1. The van der Waals surface area contributed by atoms with Crippen molar-refractivity contribution in [3.8, 4) is 5.75 Å². The number of hydrogen-bond donors (Lipinski definition) is 1.